The maximum absolute atomic E-state index is 11.7. The molecule has 3 amide bonds. The van der Waals surface area contributed by atoms with Crippen molar-refractivity contribution < 1.29 is 19.2 Å². The largest absolute Gasteiger partial charge is 0.352 e. The number of imide groups is 1. The molecule has 0 aromatic carbocycles. The van der Waals surface area contributed by atoms with Crippen LogP contribution in [0.5, 0.6) is 0 Å². The van der Waals surface area contributed by atoms with Crippen LogP contribution in [0, 0.1) is 0 Å². The summed E-state index contributed by atoms with van der Waals surface area (Å²) in [5, 5.41) is 2.20. The number of amides is 3. The van der Waals surface area contributed by atoms with E-state index < -0.39 is 0 Å². The second-order valence-corrected chi connectivity index (χ2v) is 4.51. The Balaban J connectivity index is 2.34. The van der Waals surface area contributed by atoms with Crippen molar-refractivity contribution in [3.63, 3.8) is 0 Å². The molecule has 1 atom stereocenters. The second-order valence-electron chi connectivity index (χ2n) is 3.47. The van der Waals surface area contributed by atoms with E-state index in [-0.39, 0.29) is 49.1 Å². The highest BCUT2D eigenvalue weighted by atomic mass is 32.2. The van der Waals surface area contributed by atoms with Crippen LogP contribution >= 0.6 is 11.8 Å². The third-order valence-corrected chi connectivity index (χ3v) is 3.30. The van der Waals surface area contributed by atoms with Gasteiger partial charge in [0, 0.05) is 19.5 Å². The summed E-state index contributed by atoms with van der Waals surface area (Å²) >= 11 is 1.36. The van der Waals surface area contributed by atoms with Crippen molar-refractivity contribution in [3.05, 3.63) is 0 Å². The fourth-order valence-electron chi connectivity index (χ4n) is 1.51. The molecule has 1 unspecified atom stereocenters. The monoisotopic (exact) mass is 261 g/mol. The van der Waals surface area contributed by atoms with Crippen molar-refractivity contribution in [2.75, 3.05) is 26.0 Å². The van der Waals surface area contributed by atoms with Gasteiger partial charge in [-0.3, -0.25) is 24.1 Å². The van der Waals surface area contributed by atoms with E-state index in [1.165, 1.54) is 16.7 Å². The van der Waals surface area contributed by atoms with Crippen LogP contribution in [0.2, 0.25) is 0 Å². The molecule has 1 rings (SSSR count). The first-order chi connectivity index (χ1) is 8.10. The van der Waals surface area contributed by atoms with Crippen molar-refractivity contribution in [1.82, 2.24) is 10.2 Å². The van der Waals surface area contributed by atoms with Gasteiger partial charge in [0.1, 0.15) is 6.61 Å². The van der Waals surface area contributed by atoms with E-state index in [0.29, 0.717) is 0 Å². The van der Waals surface area contributed by atoms with E-state index >= 15 is 0 Å². The molecule has 0 spiro atoms. The number of hydrogen-bond donors (Lipinski definition) is 2. The Morgan fingerprint density at radius 1 is 1.65 bits per heavy atom. The smallest absolute Gasteiger partial charge is 0.248 e. The van der Waals surface area contributed by atoms with Crippen molar-refractivity contribution in [2.45, 2.75) is 11.7 Å². The van der Waals surface area contributed by atoms with Crippen LogP contribution in [0.25, 0.3) is 0 Å². The summed E-state index contributed by atoms with van der Waals surface area (Å²) in [4.78, 5) is 39.5. The average molecular weight is 261 g/mol. The van der Waals surface area contributed by atoms with Crippen molar-refractivity contribution in [3.8, 4) is 0 Å². The van der Waals surface area contributed by atoms with Gasteiger partial charge < -0.3 is 5.32 Å². The van der Waals surface area contributed by atoms with Crippen LogP contribution in [0.3, 0.4) is 0 Å². The number of carbonyl (C=O) groups is 3. The molecular formula is C9H15N3O4S. The maximum atomic E-state index is 11.7. The van der Waals surface area contributed by atoms with Gasteiger partial charge in [0.25, 0.3) is 0 Å². The van der Waals surface area contributed by atoms with E-state index in [0.717, 1.165) is 0 Å². The van der Waals surface area contributed by atoms with Crippen LogP contribution in [-0.2, 0) is 19.2 Å². The summed E-state index contributed by atoms with van der Waals surface area (Å²) in [7, 11) is 0. The molecule has 0 aromatic rings. The summed E-state index contributed by atoms with van der Waals surface area (Å²) in [6.45, 7) is 0.154. The summed E-state index contributed by atoms with van der Waals surface area (Å²) in [6, 6.07) is 0. The highest BCUT2D eigenvalue weighted by molar-refractivity contribution is 8.00. The lowest BCUT2D eigenvalue weighted by Crippen LogP contribution is -2.40. The minimum atomic E-state index is -0.381. The molecule has 0 aromatic heterocycles. The van der Waals surface area contributed by atoms with Gasteiger partial charge in [0.15, 0.2) is 0 Å². The standard InChI is InChI=1S/C9H15N3O4S/c1-17-6-4-8(14)12(9(6)15)3-2-11-7(13)5-16-10/h6H,2-5,10H2,1H3,(H,11,13). The minimum Gasteiger partial charge on any atom is -0.352 e. The number of likely N-dealkylation sites (tertiary alicyclic amines) is 1. The van der Waals surface area contributed by atoms with E-state index in [2.05, 4.69) is 10.2 Å². The first-order valence-corrected chi connectivity index (χ1v) is 6.34. The molecule has 1 aliphatic rings. The van der Waals surface area contributed by atoms with Gasteiger partial charge in [0.2, 0.25) is 17.7 Å². The van der Waals surface area contributed by atoms with Gasteiger partial charge in [-0.25, -0.2) is 5.90 Å². The first kappa shape index (κ1) is 13.9. The van der Waals surface area contributed by atoms with Crippen molar-refractivity contribution >= 4 is 29.5 Å². The molecule has 17 heavy (non-hydrogen) atoms. The number of hydrogen-bond acceptors (Lipinski definition) is 6. The molecule has 1 heterocycles. The number of nitrogens with one attached hydrogen (secondary N) is 1. The highest BCUT2D eigenvalue weighted by Gasteiger charge is 2.37. The summed E-state index contributed by atoms with van der Waals surface area (Å²) < 4.78 is 0. The zero-order valence-electron chi connectivity index (χ0n) is 9.47. The Morgan fingerprint density at radius 3 is 2.88 bits per heavy atom. The number of nitrogens with zero attached hydrogens (tertiary/aromatic N) is 1. The predicted molar refractivity (Wildman–Crippen MR) is 61.8 cm³/mol. The van der Waals surface area contributed by atoms with Crippen LogP contribution in [-0.4, -0.2) is 53.8 Å². The average Bonchev–Trinajstić information content (AvgIpc) is 2.56. The van der Waals surface area contributed by atoms with Crippen LogP contribution in [0.4, 0.5) is 0 Å². The van der Waals surface area contributed by atoms with Gasteiger partial charge in [-0.15, -0.1) is 0 Å². The fourth-order valence-corrected chi connectivity index (χ4v) is 2.14. The topological polar surface area (TPSA) is 102 Å². The lowest BCUT2D eigenvalue weighted by molar-refractivity contribution is -0.138. The molecule has 0 bridgehead atoms. The molecular weight excluding hydrogens is 246 g/mol. The lowest BCUT2D eigenvalue weighted by Gasteiger charge is -2.14. The summed E-state index contributed by atoms with van der Waals surface area (Å²) in [5.41, 5.74) is 0. The molecule has 0 aliphatic carbocycles. The first-order valence-electron chi connectivity index (χ1n) is 5.05. The zero-order chi connectivity index (χ0) is 12.8. The van der Waals surface area contributed by atoms with Gasteiger partial charge in [-0.05, 0) is 6.26 Å². The third kappa shape index (κ3) is 3.69. The molecule has 0 radical (unpaired) electrons. The molecule has 7 nitrogen and oxygen atoms in total. The van der Waals surface area contributed by atoms with E-state index in [4.69, 9.17) is 5.90 Å². The Kier molecular flexibility index (Phi) is 5.39. The van der Waals surface area contributed by atoms with Gasteiger partial charge in [-0.1, -0.05) is 0 Å². The summed E-state index contributed by atoms with van der Waals surface area (Å²) in [6.07, 6.45) is 2.03. The lowest BCUT2D eigenvalue weighted by atomic mass is 10.4. The Bertz CT molecular complexity index is 323. The highest BCUT2D eigenvalue weighted by Crippen LogP contribution is 2.22. The number of nitrogens with two attached hydrogens (primary N) is 1. The fraction of sp³-hybridized carbons (Fsp3) is 0.667. The normalized spacial score (nSPS) is 19.9. The Labute approximate surface area is 103 Å². The summed E-state index contributed by atoms with van der Waals surface area (Å²) in [5.74, 6) is 3.96. The van der Waals surface area contributed by atoms with Crippen molar-refractivity contribution in [1.29, 1.82) is 0 Å². The maximum Gasteiger partial charge on any atom is 0.248 e. The number of carbonyl (C=O) groups excluding carboxylic acids is 3. The number of rotatable bonds is 6. The van der Waals surface area contributed by atoms with Crippen molar-refractivity contribution in [2.24, 2.45) is 5.90 Å². The zero-order valence-corrected chi connectivity index (χ0v) is 10.3. The molecule has 1 fully saturated rings. The van der Waals surface area contributed by atoms with E-state index in [1.807, 2.05) is 0 Å². The van der Waals surface area contributed by atoms with E-state index in [1.54, 1.807) is 6.26 Å². The molecule has 96 valence electrons. The van der Waals surface area contributed by atoms with Gasteiger partial charge in [0.05, 0.1) is 5.25 Å². The molecule has 8 heteroatoms. The van der Waals surface area contributed by atoms with Crippen LogP contribution in [0.15, 0.2) is 0 Å². The molecule has 1 saturated heterocycles. The molecule has 0 saturated carbocycles. The second kappa shape index (κ2) is 6.58. The van der Waals surface area contributed by atoms with Gasteiger partial charge in [-0.2, -0.15) is 11.8 Å². The SMILES string of the molecule is CSC1CC(=O)N(CCNC(=O)CON)C1=O. The molecule has 3 N–H and O–H groups in total. The number of thioether (sulfide) groups is 1. The predicted octanol–water partition coefficient (Wildman–Crippen LogP) is -1.52. The Hall–Kier alpha value is -1.12. The van der Waals surface area contributed by atoms with E-state index in [9.17, 15) is 14.4 Å². The minimum absolute atomic E-state index is 0.186. The van der Waals surface area contributed by atoms with Crippen LogP contribution < -0.4 is 11.2 Å². The Morgan fingerprint density at radius 2 is 2.35 bits per heavy atom. The third-order valence-electron chi connectivity index (χ3n) is 2.36. The molecule has 1 aliphatic heterocycles. The quantitative estimate of drug-likeness (QED) is 0.445. The van der Waals surface area contributed by atoms with Crippen LogP contribution in [0.1, 0.15) is 6.42 Å². The van der Waals surface area contributed by atoms with Gasteiger partial charge >= 0.3 is 0 Å².